The molecule has 0 amide bonds. The minimum Gasteiger partial charge on any atom is -0.474 e. The Morgan fingerprint density at radius 3 is 2.81 bits per heavy atom. The molecule has 1 fully saturated rings. The number of aromatic amines is 1. The number of nitrogens with one attached hydrogen (secondary N) is 1. The summed E-state index contributed by atoms with van der Waals surface area (Å²) in [6, 6.07) is 1.62. The molecule has 0 aromatic carbocycles. The lowest BCUT2D eigenvalue weighted by atomic mass is 9.90. The van der Waals surface area contributed by atoms with Crippen molar-refractivity contribution < 1.29 is 4.74 Å². The molecule has 1 saturated carbocycles. The molecule has 0 bridgehead atoms. The van der Waals surface area contributed by atoms with Gasteiger partial charge in [-0.1, -0.05) is 13.8 Å². The van der Waals surface area contributed by atoms with Crippen molar-refractivity contribution in [1.29, 1.82) is 0 Å². The van der Waals surface area contributed by atoms with E-state index in [9.17, 15) is 4.79 Å². The van der Waals surface area contributed by atoms with Crippen molar-refractivity contribution in [3.8, 4) is 5.88 Å². The van der Waals surface area contributed by atoms with E-state index in [2.05, 4.69) is 9.97 Å². The van der Waals surface area contributed by atoms with E-state index < -0.39 is 0 Å². The first-order valence-electron chi connectivity index (χ1n) is 5.58. The van der Waals surface area contributed by atoms with Crippen molar-refractivity contribution in [3.63, 3.8) is 0 Å². The van der Waals surface area contributed by atoms with Crippen LogP contribution in [0.3, 0.4) is 0 Å². The Kier molecular flexibility index (Phi) is 2.96. The maximum atomic E-state index is 11.4. The van der Waals surface area contributed by atoms with E-state index in [0.717, 1.165) is 12.8 Å². The maximum Gasteiger partial charge on any atom is 0.254 e. The Morgan fingerprint density at radius 1 is 1.56 bits per heavy atom. The average Bonchev–Trinajstić information content (AvgIpc) is 2.14. The van der Waals surface area contributed by atoms with Crippen LogP contribution in [0.5, 0.6) is 5.88 Å². The topological polar surface area (TPSA) is 81.0 Å². The third kappa shape index (κ3) is 2.41. The Bertz CT molecular complexity index is 421. The summed E-state index contributed by atoms with van der Waals surface area (Å²) in [6.07, 6.45) is 1.79. The van der Waals surface area contributed by atoms with Crippen LogP contribution in [0.25, 0.3) is 0 Å². The fourth-order valence-corrected chi connectivity index (χ4v) is 1.66. The molecule has 0 spiro atoms. The van der Waals surface area contributed by atoms with Gasteiger partial charge < -0.3 is 15.5 Å². The summed E-state index contributed by atoms with van der Waals surface area (Å²) in [5.74, 6) is 1.25. The normalized spacial score (nSPS) is 24.2. The van der Waals surface area contributed by atoms with E-state index in [-0.39, 0.29) is 23.6 Å². The summed E-state index contributed by atoms with van der Waals surface area (Å²) in [7, 11) is 0. The fourth-order valence-electron chi connectivity index (χ4n) is 1.66. The summed E-state index contributed by atoms with van der Waals surface area (Å²) in [6.45, 7) is 3.95. The average molecular weight is 223 g/mol. The Labute approximate surface area is 94.0 Å². The molecule has 5 heteroatoms. The molecule has 88 valence electrons. The van der Waals surface area contributed by atoms with Crippen LogP contribution in [0.1, 0.15) is 38.4 Å². The maximum absolute atomic E-state index is 11.4. The SMILES string of the molecule is CC(C)c1nc(OC2CC(N)C2)cc(=O)[nH]1. The van der Waals surface area contributed by atoms with Crippen LogP contribution in [0.4, 0.5) is 0 Å². The van der Waals surface area contributed by atoms with Crippen molar-refractivity contribution in [3.05, 3.63) is 22.2 Å². The Hall–Kier alpha value is -1.36. The van der Waals surface area contributed by atoms with E-state index in [1.165, 1.54) is 6.07 Å². The lowest BCUT2D eigenvalue weighted by molar-refractivity contribution is 0.0952. The molecule has 5 nitrogen and oxygen atoms in total. The Morgan fingerprint density at radius 2 is 2.25 bits per heavy atom. The van der Waals surface area contributed by atoms with Crippen LogP contribution in [0.2, 0.25) is 0 Å². The third-order valence-corrected chi connectivity index (χ3v) is 2.70. The van der Waals surface area contributed by atoms with Crippen LogP contribution >= 0.6 is 0 Å². The summed E-state index contributed by atoms with van der Waals surface area (Å²) < 4.78 is 5.58. The lowest BCUT2D eigenvalue weighted by Crippen LogP contribution is -2.43. The van der Waals surface area contributed by atoms with E-state index in [4.69, 9.17) is 10.5 Å². The predicted molar refractivity (Wildman–Crippen MR) is 60.6 cm³/mol. The van der Waals surface area contributed by atoms with Crippen molar-refractivity contribution in [2.24, 2.45) is 5.73 Å². The molecule has 0 radical (unpaired) electrons. The zero-order chi connectivity index (χ0) is 11.7. The second kappa shape index (κ2) is 4.25. The number of H-pyrrole nitrogens is 1. The molecule has 1 aromatic heterocycles. The molecule has 0 aliphatic heterocycles. The van der Waals surface area contributed by atoms with E-state index >= 15 is 0 Å². The predicted octanol–water partition coefficient (Wildman–Crippen LogP) is 0.762. The molecule has 0 unspecified atom stereocenters. The number of nitrogens with two attached hydrogens (primary N) is 1. The van der Waals surface area contributed by atoms with Crippen LogP contribution in [0, 0.1) is 0 Å². The fraction of sp³-hybridized carbons (Fsp3) is 0.636. The molecular weight excluding hydrogens is 206 g/mol. The van der Waals surface area contributed by atoms with Gasteiger partial charge in [-0.15, -0.1) is 0 Å². The third-order valence-electron chi connectivity index (χ3n) is 2.70. The number of hydrogen-bond acceptors (Lipinski definition) is 4. The molecular formula is C11H17N3O2. The van der Waals surface area contributed by atoms with Crippen molar-refractivity contribution in [2.75, 3.05) is 0 Å². The molecule has 1 heterocycles. The summed E-state index contributed by atoms with van der Waals surface area (Å²) in [5, 5.41) is 0. The smallest absolute Gasteiger partial charge is 0.254 e. The molecule has 1 aromatic rings. The van der Waals surface area contributed by atoms with Gasteiger partial charge in [0.1, 0.15) is 11.9 Å². The summed E-state index contributed by atoms with van der Waals surface area (Å²) in [4.78, 5) is 18.3. The number of nitrogens with zero attached hydrogens (tertiary/aromatic N) is 1. The van der Waals surface area contributed by atoms with Crippen LogP contribution in [-0.2, 0) is 0 Å². The second-order valence-electron chi connectivity index (χ2n) is 4.59. The van der Waals surface area contributed by atoms with Gasteiger partial charge in [0, 0.05) is 12.0 Å². The van der Waals surface area contributed by atoms with Gasteiger partial charge in [0.2, 0.25) is 5.88 Å². The van der Waals surface area contributed by atoms with Crippen LogP contribution < -0.4 is 16.0 Å². The molecule has 2 rings (SSSR count). The van der Waals surface area contributed by atoms with Gasteiger partial charge in [-0.05, 0) is 12.8 Å². The first-order valence-corrected chi connectivity index (χ1v) is 5.58. The molecule has 3 N–H and O–H groups in total. The molecule has 16 heavy (non-hydrogen) atoms. The monoisotopic (exact) mass is 223 g/mol. The molecule has 1 aliphatic rings. The van der Waals surface area contributed by atoms with E-state index in [1.807, 2.05) is 13.8 Å². The molecule has 0 saturated heterocycles. The second-order valence-corrected chi connectivity index (χ2v) is 4.59. The highest BCUT2D eigenvalue weighted by Gasteiger charge is 2.28. The zero-order valence-corrected chi connectivity index (χ0v) is 9.56. The highest BCUT2D eigenvalue weighted by molar-refractivity contribution is 5.11. The minimum atomic E-state index is -0.169. The number of ether oxygens (including phenoxy) is 1. The first kappa shape index (κ1) is 11.1. The number of hydrogen-bond donors (Lipinski definition) is 2. The van der Waals surface area contributed by atoms with Crippen molar-refractivity contribution in [2.45, 2.75) is 44.8 Å². The van der Waals surface area contributed by atoms with Crippen molar-refractivity contribution >= 4 is 0 Å². The molecule has 1 aliphatic carbocycles. The van der Waals surface area contributed by atoms with Crippen molar-refractivity contribution in [1.82, 2.24) is 9.97 Å². The number of aromatic nitrogens is 2. The Balaban J connectivity index is 2.11. The van der Waals surface area contributed by atoms with Gasteiger partial charge in [-0.25, -0.2) is 0 Å². The highest BCUT2D eigenvalue weighted by Crippen LogP contribution is 2.23. The lowest BCUT2D eigenvalue weighted by Gasteiger charge is -2.32. The largest absolute Gasteiger partial charge is 0.474 e. The highest BCUT2D eigenvalue weighted by atomic mass is 16.5. The van der Waals surface area contributed by atoms with Gasteiger partial charge >= 0.3 is 0 Å². The van der Waals surface area contributed by atoms with E-state index in [1.54, 1.807) is 0 Å². The first-order chi connectivity index (χ1) is 7.54. The van der Waals surface area contributed by atoms with Gasteiger partial charge in [-0.3, -0.25) is 4.79 Å². The standard InChI is InChI=1S/C11H17N3O2/c1-6(2)11-13-9(15)5-10(14-11)16-8-3-7(12)4-8/h5-8H,3-4,12H2,1-2H3,(H,13,14,15). The molecule has 0 atom stereocenters. The minimum absolute atomic E-state index is 0.115. The number of rotatable bonds is 3. The van der Waals surface area contributed by atoms with Gasteiger partial charge in [-0.2, -0.15) is 4.98 Å². The van der Waals surface area contributed by atoms with Crippen LogP contribution in [0.15, 0.2) is 10.9 Å². The quantitative estimate of drug-likeness (QED) is 0.792. The van der Waals surface area contributed by atoms with Gasteiger partial charge in [0.25, 0.3) is 5.56 Å². The van der Waals surface area contributed by atoms with Gasteiger partial charge in [0.05, 0.1) is 6.07 Å². The van der Waals surface area contributed by atoms with E-state index in [0.29, 0.717) is 11.7 Å². The van der Waals surface area contributed by atoms with Gasteiger partial charge in [0.15, 0.2) is 0 Å². The zero-order valence-electron chi connectivity index (χ0n) is 9.56. The summed E-state index contributed by atoms with van der Waals surface area (Å²) in [5.41, 5.74) is 5.49. The van der Waals surface area contributed by atoms with Crippen LogP contribution in [-0.4, -0.2) is 22.1 Å². The summed E-state index contributed by atoms with van der Waals surface area (Å²) >= 11 is 0.